The fraction of sp³-hybridized carbons (Fsp3) is 0.300. The van der Waals surface area contributed by atoms with Crippen molar-refractivity contribution in [3.8, 4) is 0 Å². The summed E-state index contributed by atoms with van der Waals surface area (Å²) in [5.41, 5.74) is 11.2. The zero-order valence-electron chi connectivity index (χ0n) is 20.0. The fourth-order valence-electron chi connectivity index (χ4n) is 3.47. The summed E-state index contributed by atoms with van der Waals surface area (Å²) in [6.45, 7) is 1.22. The van der Waals surface area contributed by atoms with E-state index in [4.69, 9.17) is 27.3 Å². The number of rotatable bonds is 10. The molecule has 4 heterocycles. The van der Waals surface area contributed by atoms with E-state index in [0.29, 0.717) is 10.7 Å². The van der Waals surface area contributed by atoms with Crippen LogP contribution in [-0.4, -0.2) is 83.6 Å². The van der Waals surface area contributed by atoms with Crippen molar-refractivity contribution in [2.45, 2.75) is 29.6 Å². The van der Waals surface area contributed by atoms with Crippen molar-refractivity contribution >= 4 is 75.3 Å². The molecule has 0 spiro atoms. The normalized spacial score (nSPS) is 19.7. The summed E-state index contributed by atoms with van der Waals surface area (Å²) in [6, 6.07) is 0.435. The zero-order valence-corrected chi connectivity index (χ0v) is 22.5. The molecule has 19 heteroatoms. The maximum atomic E-state index is 13.1. The van der Waals surface area contributed by atoms with Gasteiger partial charge in [-0.05, 0) is 29.2 Å². The Morgan fingerprint density at radius 2 is 2.10 bits per heavy atom. The minimum atomic E-state index is -1.37. The first-order chi connectivity index (χ1) is 18.5. The van der Waals surface area contributed by atoms with Crippen LogP contribution in [0.3, 0.4) is 0 Å². The average molecular weight is 597 g/mol. The summed E-state index contributed by atoms with van der Waals surface area (Å²) in [5, 5.41) is 26.3. The van der Waals surface area contributed by atoms with Crippen LogP contribution in [0.2, 0.25) is 0 Å². The summed E-state index contributed by atoms with van der Waals surface area (Å²) in [7, 11) is 0. The van der Waals surface area contributed by atoms with E-state index in [1.54, 1.807) is 0 Å². The highest BCUT2D eigenvalue weighted by Crippen LogP contribution is 2.41. The lowest BCUT2D eigenvalue weighted by Gasteiger charge is -2.49. The van der Waals surface area contributed by atoms with Crippen molar-refractivity contribution < 1.29 is 38.9 Å². The Balaban J connectivity index is 1.51. The quantitative estimate of drug-likeness (QED) is 0.0345. The smallest absolute Gasteiger partial charge is 0.384 e. The number of carbonyl (C=O) groups excluding carboxylic acids is 2. The van der Waals surface area contributed by atoms with Crippen LogP contribution < -0.4 is 27.3 Å². The molecular weight excluding hydrogens is 574 g/mol. The van der Waals surface area contributed by atoms with Gasteiger partial charge >= 0.3 is 17.1 Å². The van der Waals surface area contributed by atoms with E-state index in [0.717, 1.165) is 28.0 Å². The van der Waals surface area contributed by atoms with E-state index >= 15 is 0 Å². The predicted octanol–water partition coefficient (Wildman–Crippen LogP) is -1.57. The molecule has 206 valence electrons. The molecule has 0 radical (unpaired) electrons. The van der Waals surface area contributed by atoms with E-state index in [-0.39, 0.29) is 39.6 Å². The maximum absolute atomic E-state index is 13.1. The molecule has 0 saturated carbocycles. The van der Waals surface area contributed by atoms with E-state index < -0.39 is 41.3 Å². The number of carboxylic acid groups (broad SMARTS) is 2. The lowest BCUT2D eigenvalue weighted by Crippen LogP contribution is -2.71. The molecule has 2 aromatic heterocycles. The number of carbonyl (C=O) groups is 4. The van der Waals surface area contributed by atoms with Gasteiger partial charge in [-0.3, -0.25) is 20.3 Å². The molecule has 16 nitrogen and oxygen atoms in total. The van der Waals surface area contributed by atoms with E-state index in [2.05, 4.69) is 20.4 Å². The number of thiazole rings is 1. The second-order valence-corrected chi connectivity index (χ2v) is 11.0. The van der Waals surface area contributed by atoms with Crippen LogP contribution in [0.15, 0.2) is 39.2 Å². The molecule has 2 amide bonds. The number of hydrogen-bond acceptors (Lipinski definition) is 14. The molecule has 2 unspecified atom stereocenters. The van der Waals surface area contributed by atoms with Crippen molar-refractivity contribution in [1.82, 2.24) is 20.2 Å². The number of anilines is 2. The van der Waals surface area contributed by atoms with Gasteiger partial charge in [0.2, 0.25) is 11.9 Å². The number of nitrogens with one attached hydrogen (secondary N) is 1. The number of fused-ring (bicyclic) bond motifs is 1. The van der Waals surface area contributed by atoms with Gasteiger partial charge in [-0.1, -0.05) is 5.16 Å². The number of β-lactam (4-membered cyclic amide) rings is 1. The monoisotopic (exact) mass is 596 g/mol. The number of nitrogen functional groups attached to an aromatic ring is 3. The highest BCUT2D eigenvalue weighted by molar-refractivity contribution is 8.01. The molecule has 2 aliphatic rings. The Kier molecular flexibility index (Phi) is 8.11. The van der Waals surface area contributed by atoms with Crippen molar-refractivity contribution in [1.29, 1.82) is 0 Å². The number of aromatic nitrogens is 3. The Hall–Kier alpha value is -4.10. The highest BCUT2D eigenvalue weighted by Gasteiger charge is 2.54. The number of amides is 2. The van der Waals surface area contributed by atoms with E-state index in [1.807, 2.05) is 0 Å². The van der Waals surface area contributed by atoms with Gasteiger partial charge in [-0.15, -0.1) is 27.8 Å². The molecular formula is C20H22N9O7S3+. The largest absolute Gasteiger partial charge is 0.478 e. The Morgan fingerprint density at radius 1 is 1.36 bits per heavy atom. The standard InChI is InChI=1S/C20H21N9O7S3/c1-7(17(32)33)36-27-11(9-6-38-19(22)24-9)14(30)26-12-15(31)29-13(18(34)35)8(4-37-16(12)29)5-39-20-25-10(21)2-3-28(20)23/h2-3,6-7,12,16,21H,4-5,23H2,1H3,(H5,22,24,26,30,32,33,34,35)/p+1/b27-11-/t7?,12?,16-/m1/s1. The van der Waals surface area contributed by atoms with Crippen molar-refractivity contribution in [2.24, 2.45) is 5.16 Å². The topological polar surface area (TPSA) is 253 Å². The van der Waals surface area contributed by atoms with Crippen LogP contribution in [0.1, 0.15) is 12.6 Å². The minimum Gasteiger partial charge on any atom is -0.478 e. The third kappa shape index (κ3) is 5.83. The predicted molar refractivity (Wildman–Crippen MR) is 141 cm³/mol. The number of aliphatic carboxylic acids is 2. The van der Waals surface area contributed by atoms with Gasteiger partial charge in [0.1, 0.15) is 29.0 Å². The van der Waals surface area contributed by atoms with Crippen LogP contribution in [0.5, 0.6) is 0 Å². The molecule has 2 aliphatic heterocycles. The summed E-state index contributed by atoms with van der Waals surface area (Å²) < 4.78 is 1.25. The van der Waals surface area contributed by atoms with Gasteiger partial charge in [0.25, 0.3) is 11.8 Å². The first-order valence-corrected chi connectivity index (χ1v) is 13.8. The fourth-order valence-corrected chi connectivity index (χ4v) is 6.41. The SMILES string of the molecule is CC(O/N=C(\C(=O)NC1C(=O)N2C(C(=O)O)=C(CSc3nc(N)cc[n+]3N)CS[C@H]12)c1csc(N)n1)C(=O)O. The number of nitrogens with zero attached hydrogens (tertiary/aromatic N) is 5. The zero-order chi connectivity index (χ0) is 28.4. The lowest BCUT2D eigenvalue weighted by atomic mass is 10.0. The summed E-state index contributed by atoms with van der Waals surface area (Å²) in [5.74, 6) is 2.39. The molecule has 4 rings (SSSR count). The van der Waals surface area contributed by atoms with Crippen LogP contribution in [0, 0.1) is 0 Å². The van der Waals surface area contributed by atoms with Crippen molar-refractivity contribution in [2.75, 3.05) is 28.8 Å². The molecule has 39 heavy (non-hydrogen) atoms. The molecule has 1 fully saturated rings. The van der Waals surface area contributed by atoms with E-state index in [9.17, 15) is 24.3 Å². The Labute approximate surface area is 232 Å². The molecule has 1 saturated heterocycles. The van der Waals surface area contributed by atoms with Crippen LogP contribution in [0.4, 0.5) is 10.9 Å². The molecule has 9 N–H and O–H groups in total. The maximum Gasteiger partial charge on any atom is 0.384 e. The molecule has 0 aliphatic carbocycles. The number of carboxylic acids is 2. The van der Waals surface area contributed by atoms with Crippen LogP contribution >= 0.6 is 34.9 Å². The average Bonchev–Trinajstić information content (AvgIpc) is 3.32. The Bertz CT molecular complexity index is 1410. The number of hydrogen-bond donors (Lipinski definition) is 6. The van der Waals surface area contributed by atoms with Crippen molar-refractivity contribution in [3.05, 3.63) is 34.6 Å². The molecule has 3 atom stereocenters. The number of nitrogens with two attached hydrogens (primary N) is 3. The van der Waals surface area contributed by atoms with Gasteiger partial charge in [-0.25, -0.2) is 14.6 Å². The summed E-state index contributed by atoms with van der Waals surface area (Å²) in [4.78, 5) is 63.4. The van der Waals surface area contributed by atoms with Crippen LogP contribution in [0.25, 0.3) is 0 Å². The lowest BCUT2D eigenvalue weighted by molar-refractivity contribution is -0.682. The molecule has 2 aromatic rings. The second kappa shape index (κ2) is 11.3. The first-order valence-electron chi connectivity index (χ1n) is 10.9. The van der Waals surface area contributed by atoms with Gasteiger partial charge in [-0.2, -0.15) is 0 Å². The number of oxime groups is 1. The second-order valence-electron chi connectivity index (χ2n) is 8.05. The van der Waals surface area contributed by atoms with Gasteiger partial charge in [0, 0.05) is 23.0 Å². The summed E-state index contributed by atoms with van der Waals surface area (Å²) in [6.07, 6.45) is 0.147. The molecule has 0 bridgehead atoms. The summed E-state index contributed by atoms with van der Waals surface area (Å²) >= 11 is 3.44. The van der Waals surface area contributed by atoms with Crippen LogP contribution in [-0.2, 0) is 24.0 Å². The first kappa shape index (κ1) is 27.9. The highest BCUT2D eigenvalue weighted by atomic mass is 32.2. The molecule has 0 aromatic carbocycles. The Morgan fingerprint density at radius 3 is 2.74 bits per heavy atom. The third-order valence-corrected chi connectivity index (χ3v) is 8.46. The van der Waals surface area contributed by atoms with Crippen molar-refractivity contribution in [3.63, 3.8) is 0 Å². The third-order valence-electron chi connectivity index (χ3n) is 5.39. The van der Waals surface area contributed by atoms with Gasteiger partial charge < -0.3 is 31.8 Å². The number of thioether (sulfide) groups is 2. The van der Waals surface area contributed by atoms with Gasteiger partial charge in [0.15, 0.2) is 10.8 Å². The van der Waals surface area contributed by atoms with Gasteiger partial charge in [0.05, 0.1) is 0 Å². The minimum absolute atomic E-state index is 0.0187. The van der Waals surface area contributed by atoms with E-state index in [1.165, 1.54) is 41.0 Å².